The van der Waals surface area contributed by atoms with Crippen LogP contribution in [-0.4, -0.2) is 23.9 Å². The summed E-state index contributed by atoms with van der Waals surface area (Å²) >= 11 is 0. The number of nitrogens with zero attached hydrogens (tertiary/aromatic N) is 2. The molecule has 0 saturated carbocycles. The highest BCUT2D eigenvalue weighted by Crippen LogP contribution is 2.18. The van der Waals surface area contributed by atoms with Crippen molar-refractivity contribution in [3.8, 4) is 0 Å². The van der Waals surface area contributed by atoms with Crippen molar-refractivity contribution in [2.75, 3.05) is 18.5 Å². The SMILES string of the molecule is CCn1c(C)cc(C(=O)CN(C)c2cccc(F)c2)c1C. The van der Waals surface area contributed by atoms with Gasteiger partial charge in [0, 0.05) is 36.2 Å². The summed E-state index contributed by atoms with van der Waals surface area (Å²) in [4.78, 5) is 14.2. The molecule has 112 valence electrons. The van der Waals surface area contributed by atoms with Crippen LogP contribution in [-0.2, 0) is 6.54 Å². The van der Waals surface area contributed by atoms with Crippen molar-refractivity contribution < 1.29 is 9.18 Å². The molecule has 0 amide bonds. The zero-order valence-corrected chi connectivity index (χ0v) is 13.0. The smallest absolute Gasteiger partial charge is 0.183 e. The summed E-state index contributed by atoms with van der Waals surface area (Å²) in [5.74, 6) is -0.245. The second-order valence-electron chi connectivity index (χ2n) is 5.29. The van der Waals surface area contributed by atoms with Crippen LogP contribution in [0.2, 0.25) is 0 Å². The van der Waals surface area contributed by atoms with Gasteiger partial charge in [-0.3, -0.25) is 4.79 Å². The maximum absolute atomic E-state index is 13.2. The zero-order valence-electron chi connectivity index (χ0n) is 13.0. The maximum atomic E-state index is 13.2. The fourth-order valence-corrected chi connectivity index (χ4v) is 2.68. The lowest BCUT2D eigenvalue weighted by Crippen LogP contribution is -2.26. The van der Waals surface area contributed by atoms with Crippen LogP contribution in [0.3, 0.4) is 0 Å². The zero-order chi connectivity index (χ0) is 15.6. The number of hydrogen-bond acceptors (Lipinski definition) is 2. The standard InChI is InChI=1S/C17H21FN2O/c1-5-20-12(2)9-16(13(20)3)17(21)11-19(4)15-8-6-7-14(18)10-15/h6-10H,5,11H2,1-4H3. The first-order valence-corrected chi connectivity index (χ1v) is 7.10. The molecule has 0 fully saturated rings. The number of ketones is 1. The van der Waals surface area contributed by atoms with E-state index in [2.05, 4.69) is 11.5 Å². The summed E-state index contributed by atoms with van der Waals surface area (Å²) in [5, 5.41) is 0. The number of rotatable bonds is 5. The van der Waals surface area contributed by atoms with Crippen molar-refractivity contribution in [3.05, 3.63) is 53.1 Å². The van der Waals surface area contributed by atoms with Crippen molar-refractivity contribution in [3.63, 3.8) is 0 Å². The predicted octanol–water partition coefficient (Wildman–Crippen LogP) is 3.58. The van der Waals surface area contributed by atoms with Gasteiger partial charge in [0.1, 0.15) is 5.82 Å². The first-order valence-electron chi connectivity index (χ1n) is 7.10. The highest BCUT2D eigenvalue weighted by atomic mass is 19.1. The minimum Gasteiger partial charge on any atom is -0.367 e. The number of carbonyl (C=O) groups is 1. The molecule has 0 saturated heterocycles. The Bertz CT molecular complexity index is 661. The summed E-state index contributed by atoms with van der Waals surface area (Å²) in [6, 6.07) is 8.21. The predicted molar refractivity (Wildman–Crippen MR) is 83.6 cm³/mol. The Morgan fingerprint density at radius 2 is 2.00 bits per heavy atom. The number of likely N-dealkylation sites (N-methyl/N-ethyl adjacent to an activating group) is 1. The van der Waals surface area contributed by atoms with E-state index in [1.807, 2.05) is 19.9 Å². The third kappa shape index (κ3) is 3.15. The minimum absolute atomic E-state index is 0.0505. The van der Waals surface area contributed by atoms with Gasteiger partial charge in [0.05, 0.1) is 6.54 Å². The summed E-state index contributed by atoms with van der Waals surface area (Å²) < 4.78 is 15.4. The van der Waals surface area contributed by atoms with Crippen LogP contribution >= 0.6 is 0 Å². The van der Waals surface area contributed by atoms with Gasteiger partial charge in [-0.15, -0.1) is 0 Å². The summed E-state index contributed by atoms with van der Waals surface area (Å²) in [5.41, 5.74) is 3.53. The molecule has 1 aromatic heterocycles. The highest BCUT2D eigenvalue weighted by molar-refractivity contribution is 6.00. The fraction of sp³-hybridized carbons (Fsp3) is 0.353. The molecule has 3 nitrogen and oxygen atoms in total. The molecule has 0 aliphatic rings. The van der Waals surface area contributed by atoms with Crippen LogP contribution in [0.1, 0.15) is 28.7 Å². The summed E-state index contributed by atoms with van der Waals surface area (Å²) in [6.07, 6.45) is 0. The molecule has 0 bridgehead atoms. The minimum atomic E-state index is -0.295. The number of anilines is 1. The molecule has 0 aliphatic heterocycles. The Morgan fingerprint density at radius 1 is 1.29 bits per heavy atom. The van der Waals surface area contributed by atoms with Crippen LogP contribution in [0.5, 0.6) is 0 Å². The van der Waals surface area contributed by atoms with Crippen LogP contribution in [0, 0.1) is 19.7 Å². The van der Waals surface area contributed by atoms with Gasteiger partial charge in [-0.05, 0) is 45.0 Å². The second kappa shape index (κ2) is 6.12. The Labute approximate surface area is 125 Å². The number of halogens is 1. The molecule has 0 aliphatic carbocycles. The largest absolute Gasteiger partial charge is 0.367 e. The molecule has 0 radical (unpaired) electrons. The molecule has 0 unspecified atom stereocenters. The van der Waals surface area contributed by atoms with Crippen LogP contribution in [0.15, 0.2) is 30.3 Å². The van der Waals surface area contributed by atoms with Gasteiger partial charge in [0.2, 0.25) is 0 Å². The van der Waals surface area contributed by atoms with Gasteiger partial charge in [-0.1, -0.05) is 6.07 Å². The van der Waals surface area contributed by atoms with Gasteiger partial charge in [0.25, 0.3) is 0 Å². The topological polar surface area (TPSA) is 25.2 Å². The van der Waals surface area contributed by atoms with Crippen LogP contribution < -0.4 is 4.90 Å². The van der Waals surface area contributed by atoms with E-state index in [4.69, 9.17) is 0 Å². The van der Waals surface area contributed by atoms with E-state index in [1.54, 1.807) is 24.1 Å². The quantitative estimate of drug-likeness (QED) is 0.786. The van der Waals surface area contributed by atoms with Crippen molar-refractivity contribution in [2.45, 2.75) is 27.3 Å². The second-order valence-corrected chi connectivity index (χ2v) is 5.29. The van der Waals surface area contributed by atoms with E-state index < -0.39 is 0 Å². The van der Waals surface area contributed by atoms with Crippen molar-refractivity contribution in [1.29, 1.82) is 0 Å². The van der Waals surface area contributed by atoms with E-state index in [9.17, 15) is 9.18 Å². The number of aryl methyl sites for hydroxylation is 1. The molecule has 21 heavy (non-hydrogen) atoms. The van der Waals surface area contributed by atoms with E-state index >= 15 is 0 Å². The maximum Gasteiger partial charge on any atom is 0.183 e. The number of aromatic nitrogens is 1. The van der Waals surface area contributed by atoms with Crippen molar-refractivity contribution in [1.82, 2.24) is 4.57 Å². The van der Waals surface area contributed by atoms with Gasteiger partial charge >= 0.3 is 0 Å². The Kier molecular flexibility index (Phi) is 4.46. The van der Waals surface area contributed by atoms with Gasteiger partial charge < -0.3 is 9.47 Å². The first kappa shape index (κ1) is 15.3. The van der Waals surface area contributed by atoms with Gasteiger partial charge in [-0.2, -0.15) is 0 Å². The third-order valence-electron chi connectivity index (χ3n) is 3.82. The third-order valence-corrected chi connectivity index (χ3v) is 3.82. The molecule has 1 aromatic carbocycles. The number of Topliss-reactive ketones (excluding diaryl/α,β-unsaturated/α-hetero) is 1. The van der Waals surface area contributed by atoms with Gasteiger partial charge in [-0.25, -0.2) is 4.39 Å². The average Bonchev–Trinajstić information content (AvgIpc) is 2.73. The van der Waals surface area contributed by atoms with Crippen molar-refractivity contribution >= 4 is 11.5 Å². The van der Waals surface area contributed by atoms with Crippen LogP contribution in [0.4, 0.5) is 10.1 Å². The van der Waals surface area contributed by atoms with Crippen LogP contribution in [0.25, 0.3) is 0 Å². The molecule has 1 heterocycles. The molecule has 2 rings (SSSR count). The lowest BCUT2D eigenvalue weighted by atomic mass is 10.1. The monoisotopic (exact) mass is 288 g/mol. The number of carbonyl (C=O) groups excluding carboxylic acids is 1. The molecule has 0 atom stereocenters. The normalized spacial score (nSPS) is 10.7. The van der Waals surface area contributed by atoms with Crippen molar-refractivity contribution in [2.24, 2.45) is 0 Å². The Morgan fingerprint density at radius 3 is 2.57 bits per heavy atom. The Hall–Kier alpha value is -2.10. The molecular weight excluding hydrogens is 267 g/mol. The average molecular weight is 288 g/mol. The molecular formula is C17H21FN2O. The lowest BCUT2D eigenvalue weighted by molar-refractivity contribution is 0.0999. The summed E-state index contributed by atoms with van der Waals surface area (Å²) in [7, 11) is 1.80. The molecule has 4 heteroatoms. The molecule has 0 spiro atoms. The van der Waals surface area contributed by atoms with E-state index in [0.29, 0.717) is 5.69 Å². The number of hydrogen-bond donors (Lipinski definition) is 0. The lowest BCUT2D eigenvalue weighted by Gasteiger charge is -2.18. The number of benzene rings is 1. The fourth-order valence-electron chi connectivity index (χ4n) is 2.68. The first-order chi connectivity index (χ1) is 9.93. The Balaban J connectivity index is 2.18. The van der Waals surface area contributed by atoms with E-state index in [-0.39, 0.29) is 18.1 Å². The highest BCUT2D eigenvalue weighted by Gasteiger charge is 2.16. The molecule has 2 aromatic rings. The van der Waals surface area contributed by atoms with Gasteiger partial charge in [0.15, 0.2) is 5.78 Å². The molecule has 0 N–H and O–H groups in total. The van der Waals surface area contributed by atoms with E-state index in [0.717, 1.165) is 23.5 Å². The summed E-state index contributed by atoms with van der Waals surface area (Å²) in [6.45, 7) is 7.12. The van der Waals surface area contributed by atoms with E-state index in [1.165, 1.54) is 12.1 Å².